The molecule has 1 N–H and O–H groups in total. The molecule has 1 amide bonds. The molecule has 2 saturated heterocycles. The fourth-order valence-electron chi connectivity index (χ4n) is 6.45. The third-order valence-corrected chi connectivity index (χ3v) is 8.79. The monoisotopic (exact) mass is 556 g/mol. The van der Waals surface area contributed by atoms with E-state index in [1.165, 1.54) is 46.2 Å². The number of likely N-dealkylation sites (N-methyl/N-ethyl adjacent to an activating group) is 1. The van der Waals surface area contributed by atoms with Gasteiger partial charge in [0.2, 0.25) is 5.91 Å². The Bertz CT molecular complexity index is 1430. The van der Waals surface area contributed by atoms with Gasteiger partial charge in [-0.2, -0.15) is 9.97 Å². The van der Waals surface area contributed by atoms with Crippen molar-refractivity contribution in [3.63, 3.8) is 0 Å². The van der Waals surface area contributed by atoms with Crippen LogP contribution in [0.1, 0.15) is 29.7 Å². The number of benzene rings is 2. The first-order chi connectivity index (χ1) is 20.0. The molecule has 0 radical (unpaired) electrons. The summed E-state index contributed by atoms with van der Waals surface area (Å²) in [6, 6.07) is 13.8. The molecule has 6 rings (SSSR count). The van der Waals surface area contributed by atoms with E-state index in [-0.39, 0.29) is 12.5 Å². The summed E-state index contributed by atoms with van der Waals surface area (Å²) in [6.45, 7) is 7.92. The molecular formula is C32H40N6O3. The third-order valence-electron chi connectivity index (χ3n) is 8.79. The molecule has 9 heteroatoms. The summed E-state index contributed by atoms with van der Waals surface area (Å²) in [5, 5.41) is 11.6. The molecule has 216 valence electrons. The van der Waals surface area contributed by atoms with Crippen molar-refractivity contribution in [1.82, 2.24) is 19.8 Å². The van der Waals surface area contributed by atoms with Crippen LogP contribution in [-0.2, 0) is 17.8 Å². The number of aliphatic hydroxyl groups excluding tert-OH is 1. The minimum absolute atomic E-state index is 0.0610. The minimum Gasteiger partial charge on any atom is -0.462 e. The van der Waals surface area contributed by atoms with Crippen LogP contribution in [0.5, 0.6) is 6.01 Å². The molecule has 2 aromatic carbocycles. The Morgan fingerprint density at radius 1 is 1.05 bits per heavy atom. The molecule has 0 saturated carbocycles. The van der Waals surface area contributed by atoms with Gasteiger partial charge in [-0.1, -0.05) is 36.4 Å². The van der Waals surface area contributed by atoms with Crippen molar-refractivity contribution in [2.45, 2.75) is 38.8 Å². The van der Waals surface area contributed by atoms with Gasteiger partial charge in [-0.15, -0.1) is 0 Å². The molecule has 3 aliphatic rings. The Balaban J connectivity index is 1.28. The number of piperazine rings is 1. The lowest BCUT2D eigenvalue weighted by atomic mass is 9.99. The average molecular weight is 557 g/mol. The van der Waals surface area contributed by atoms with Gasteiger partial charge in [0.1, 0.15) is 12.4 Å². The summed E-state index contributed by atoms with van der Waals surface area (Å²) in [6.07, 6.45) is 6.11. The number of likely N-dealkylation sites (tertiary alicyclic amines) is 1. The molecule has 0 spiro atoms. The van der Waals surface area contributed by atoms with Gasteiger partial charge in [0.25, 0.3) is 0 Å². The van der Waals surface area contributed by atoms with E-state index in [1.54, 1.807) is 0 Å². The fraction of sp³-hybridized carbons (Fsp3) is 0.469. The minimum atomic E-state index is -0.131. The molecule has 0 aliphatic carbocycles. The third kappa shape index (κ3) is 5.74. The highest BCUT2D eigenvalue weighted by Gasteiger charge is 2.30. The van der Waals surface area contributed by atoms with Crippen molar-refractivity contribution >= 4 is 28.2 Å². The molecule has 1 unspecified atom stereocenters. The van der Waals surface area contributed by atoms with Crippen LogP contribution in [0.2, 0.25) is 0 Å². The fourth-order valence-corrected chi connectivity index (χ4v) is 6.45. The second-order valence-electron chi connectivity index (χ2n) is 11.4. The Morgan fingerprint density at radius 2 is 1.85 bits per heavy atom. The largest absolute Gasteiger partial charge is 0.462 e. The van der Waals surface area contributed by atoms with Gasteiger partial charge in [-0.25, -0.2) is 0 Å². The van der Waals surface area contributed by atoms with Crippen LogP contribution >= 0.6 is 0 Å². The van der Waals surface area contributed by atoms with Gasteiger partial charge < -0.3 is 29.4 Å². The van der Waals surface area contributed by atoms with E-state index >= 15 is 0 Å². The summed E-state index contributed by atoms with van der Waals surface area (Å²) in [5.74, 6) is 0.880. The number of aliphatic hydroxyl groups is 1. The van der Waals surface area contributed by atoms with E-state index in [2.05, 4.69) is 65.1 Å². The number of ether oxygens (including phenoxy) is 1. The summed E-state index contributed by atoms with van der Waals surface area (Å²) in [7, 11) is 2.15. The van der Waals surface area contributed by atoms with Gasteiger partial charge in [0, 0.05) is 61.5 Å². The van der Waals surface area contributed by atoms with E-state index in [0.717, 1.165) is 37.4 Å². The second kappa shape index (κ2) is 12.0. The SMILES string of the molecule is Cc1cccc2cccc(N3CCc4c(nc(OCC5CCCN5C)nc4N4CCN(C(=O)/C=C/CO)CC4)C3)c12. The van der Waals surface area contributed by atoms with Crippen molar-refractivity contribution in [3.05, 3.63) is 65.4 Å². The van der Waals surface area contributed by atoms with Crippen molar-refractivity contribution in [2.24, 2.45) is 0 Å². The first-order valence-electron chi connectivity index (χ1n) is 14.8. The summed E-state index contributed by atoms with van der Waals surface area (Å²) < 4.78 is 6.29. The Labute approximate surface area is 242 Å². The maximum Gasteiger partial charge on any atom is 0.318 e. The Kier molecular flexibility index (Phi) is 8.07. The van der Waals surface area contributed by atoms with E-state index < -0.39 is 0 Å². The number of aromatic nitrogens is 2. The number of carbonyl (C=O) groups excluding carboxylic acids is 1. The van der Waals surface area contributed by atoms with Crippen LogP contribution in [0.15, 0.2) is 48.6 Å². The number of hydrogen-bond acceptors (Lipinski definition) is 8. The quantitative estimate of drug-likeness (QED) is 0.445. The van der Waals surface area contributed by atoms with E-state index in [9.17, 15) is 4.79 Å². The van der Waals surface area contributed by atoms with E-state index in [4.69, 9.17) is 19.8 Å². The van der Waals surface area contributed by atoms with Crippen molar-refractivity contribution in [2.75, 3.05) is 69.3 Å². The first-order valence-corrected chi connectivity index (χ1v) is 14.8. The number of nitrogens with zero attached hydrogens (tertiary/aromatic N) is 6. The van der Waals surface area contributed by atoms with Crippen LogP contribution < -0.4 is 14.5 Å². The Morgan fingerprint density at radius 3 is 2.61 bits per heavy atom. The van der Waals surface area contributed by atoms with E-state index in [1.807, 2.05) is 4.90 Å². The first kappa shape index (κ1) is 27.5. The number of amides is 1. The number of anilines is 2. The molecule has 2 fully saturated rings. The number of fused-ring (bicyclic) bond motifs is 2. The predicted octanol–water partition coefficient (Wildman–Crippen LogP) is 3.17. The van der Waals surface area contributed by atoms with Gasteiger partial charge in [-0.3, -0.25) is 4.79 Å². The van der Waals surface area contributed by atoms with Crippen molar-refractivity contribution < 1.29 is 14.6 Å². The van der Waals surface area contributed by atoms with E-state index in [0.29, 0.717) is 51.4 Å². The summed E-state index contributed by atoms with van der Waals surface area (Å²) >= 11 is 0. The smallest absolute Gasteiger partial charge is 0.318 e. The molecule has 3 aliphatic heterocycles. The van der Waals surface area contributed by atoms with Gasteiger partial charge in [0.15, 0.2) is 0 Å². The maximum absolute atomic E-state index is 12.5. The van der Waals surface area contributed by atoms with Crippen molar-refractivity contribution in [3.8, 4) is 6.01 Å². The molecule has 0 bridgehead atoms. The molecule has 4 heterocycles. The van der Waals surface area contributed by atoms with Gasteiger partial charge >= 0.3 is 6.01 Å². The lowest BCUT2D eigenvalue weighted by Crippen LogP contribution is -2.49. The highest BCUT2D eigenvalue weighted by Crippen LogP contribution is 2.35. The average Bonchev–Trinajstić information content (AvgIpc) is 3.42. The normalized spacial score (nSPS) is 19.8. The van der Waals surface area contributed by atoms with Gasteiger partial charge in [0.05, 0.1) is 18.8 Å². The lowest BCUT2D eigenvalue weighted by Gasteiger charge is -2.38. The molecule has 41 heavy (non-hydrogen) atoms. The number of hydrogen-bond donors (Lipinski definition) is 1. The molecule has 1 aromatic heterocycles. The highest BCUT2D eigenvalue weighted by atomic mass is 16.5. The van der Waals surface area contributed by atoms with Crippen molar-refractivity contribution in [1.29, 1.82) is 0 Å². The lowest BCUT2D eigenvalue weighted by molar-refractivity contribution is -0.126. The Hall–Kier alpha value is -3.69. The van der Waals surface area contributed by atoms with Crippen LogP contribution in [0.3, 0.4) is 0 Å². The molecule has 1 atom stereocenters. The predicted molar refractivity (Wildman–Crippen MR) is 162 cm³/mol. The summed E-state index contributed by atoms with van der Waals surface area (Å²) in [4.78, 5) is 31.3. The van der Waals surface area contributed by atoms with Crippen LogP contribution in [0, 0.1) is 6.92 Å². The van der Waals surface area contributed by atoms with Gasteiger partial charge in [-0.05, 0) is 56.8 Å². The van der Waals surface area contributed by atoms with Crippen LogP contribution in [0.25, 0.3) is 10.8 Å². The van der Waals surface area contributed by atoms with Crippen LogP contribution in [0.4, 0.5) is 11.5 Å². The number of rotatable bonds is 7. The van der Waals surface area contributed by atoms with Crippen LogP contribution in [-0.4, -0.2) is 96.4 Å². The topological polar surface area (TPSA) is 85.3 Å². The number of carbonyl (C=O) groups is 1. The standard InChI is InChI=1S/C32H40N6O3/c1-23-7-3-8-24-9-4-11-28(30(23)24)38-15-13-26-27(21-38)33-32(41-22-25-10-5-14-35(25)2)34-31(26)37-18-16-36(17-19-37)29(40)12-6-20-39/h3-4,6-9,11-12,25,39H,5,10,13-22H2,1-2H3/b12-6+. The number of aryl methyl sites for hydroxylation is 1. The summed E-state index contributed by atoms with van der Waals surface area (Å²) in [5.41, 5.74) is 4.72. The molecule has 3 aromatic rings. The molecule has 9 nitrogen and oxygen atoms in total. The maximum atomic E-state index is 12.5. The zero-order chi connectivity index (χ0) is 28.3. The zero-order valence-corrected chi connectivity index (χ0v) is 24.1. The molecular weight excluding hydrogens is 516 g/mol. The highest BCUT2D eigenvalue weighted by molar-refractivity contribution is 5.97. The second-order valence-corrected chi connectivity index (χ2v) is 11.4. The zero-order valence-electron chi connectivity index (χ0n) is 24.1.